The molecule has 114 valence electrons. The lowest BCUT2D eigenvalue weighted by atomic mass is 9.76. The highest BCUT2D eigenvalue weighted by Gasteiger charge is 2.46. The molecule has 0 aromatic heterocycles. The zero-order valence-electron chi connectivity index (χ0n) is 12.7. The van der Waals surface area contributed by atoms with Crippen LogP contribution in [0.4, 0.5) is 4.79 Å². The minimum atomic E-state index is -0.901. The molecule has 0 aromatic carbocycles. The van der Waals surface area contributed by atoms with Gasteiger partial charge in [-0.25, -0.2) is 9.59 Å². The molecule has 5 nitrogen and oxygen atoms in total. The van der Waals surface area contributed by atoms with E-state index in [0.29, 0.717) is 13.1 Å². The summed E-state index contributed by atoms with van der Waals surface area (Å²) in [5, 5.41) is 12.4. The number of carboxylic acid groups (broad SMARTS) is 1. The normalized spacial score (nSPS) is 26.9. The van der Waals surface area contributed by atoms with Crippen molar-refractivity contribution in [3.05, 3.63) is 0 Å². The summed E-state index contributed by atoms with van der Waals surface area (Å²) in [6.07, 6.45) is 5.10. The van der Waals surface area contributed by atoms with Crippen molar-refractivity contribution in [2.75, 3.05) is 13.1 Å². The van der Waals surface area contributed by atoms with Gasteiger partial charge in [-0.2, -0.15) is 0 Å². The van der Waals surface area contributed by atoms with E-state index in [2.05, 4.69) is 12.2 Å². The fraction of sp³-hybridized carbons (Fsp3) is 0.867. The van der Waals surface area contributed by atoms with Crippen LogP contribution in [0.25, 0.3) is 0 Å². The van der Waals surface area contributed by atoms with Gasteiger partial charge in [0.2, 0.25) is 0 Å². The Morgan fingerprint density at radius 1 is 1.30 bits per heavy atom. The molecule has 0 bridgehead atoms. The van der Waals surface area contributed by atoms with E-state index < -0.39 is 12.0 Å². The number of rotatable bonds is 4. The molecule has 1 aliphatic carbocycles. The molecule has 2 N–H and O–H groups in total. The third-order valence-electron chi connectivity index (χ3n) is 5.09. The van der Waals surface area contributed by atoms with Gasteiger partial charge in [0.25, 0.3) is 0 Å². The number of urea groups is 1. The maximum absolute atomic E-state index is 12.3. The molecule has 2 rings (SSSR count). The summed E-state index contributed by atoms with van der Waals surface area (Å²) >= 11 is 0. The Balaban J connectivity index is 2.01. The molecule has 0 radical (unpaired) electrons. The molecule has 5 heteroatoms. The molecule has 0 aromatic rings. The summed E-state index contributed by atoms with van der Waals surface area (Å²) in [4.78, 5) is 25.4. The van der Waals surface area contributed by atoms with Crippen LogP contribution in [0, 0.1) is 10.8 Å². The maximum Gasteiger partial charge on any atom is 0.327 e. The number of carbonyl (C=O) groups is 2. The van der Waals surface area contributed by atoms with Crippen molar-refractivity contribution >= 4 is 12.0 Å². The molecule has 0 spiro atoms. The van der Waals surface area contributed by atoms with Crippen molar-refractivity contribution in [3.63, 3.8) is 0 Å². The van der Waals surface area contributed by atoms with Crippen LogP contribution in [0.15, 0.2) is 0 Å². The SMILES string of the molecule is CCC1(CNC(=O)N2CCCC(C)(C)C2C(=O)O)CC1. The molecule has 1 unspecified atom stereocenters. The minimum absolute atomic E-state index is 0.218. The first kappa shape index (κ1) is 15.1. The first-order chi connectivity index (χ1) is 9.31. The number of nitrogens with zero attached hydrogens (tertiary/aromatic N) is 1. The van der Waals surface area contributed by atoms with Crippen LogP contribution < -0.4 is 5.32 Å². The van der Waals surface area contributed by atoms with Crippen LogP contribution >= 0.6 is 0 Å². The summed E-state index contributed by atoms with van der Waals surface area (Å²) < 4.78 is 0. The molecule has 2 fully saturated rings. The maximum atomic E-state index is 12.3. The van der Waals surface area contributed by atoms with E-state index in [-0.39, 0.29) is 16.9 Å². The summed E-state index contributed by atoms with van der Waals surface area (Å²) in [7, 11) is 0. The number of aliphatic carboxylic acids is 1. The smallest absolute Gasteiger partial charge is 0.327 e. The zero-order chi connectivity index (χ0) is 15.0. The van der Waals surface area contributed by atoms with E-state index in [1.165, 1.54) is 4.90 Å². The van der Waals surface area contributed by atoms with Crippen molar-refractivity contribution in [2.24, 2.45) is 10.8 Å². The second-order valence-corrected chi connectivity index (χ2v) is 7.04. The molecule has 1 saturated heterocycles. The van der Waals surface area contributed by atoms with Gasteiger partial charge in [-0.05, 0) is 42.9 Å². The van der Waals surface area contributed by atoms with Gasteiger partial charge in [-0.1, -0.05) is 20.8 Å². The van der Waals surface area contributed by atoms with Gasteiger partial charge in [0.1, 0.15) is 6.04 Å². The lowest BCUT2D eigenvalue weighted by Gasteiger charge is -2.43. The fourth-order valence-electron chi connectivity index (χ4n) is 3.28. The van der Waals surface area contributed by atoms with Gasteiger partial charge in [0.05, 0.1) is 0 Å². The van der Waals surface area contributed by atoms with E-state index in [1.807, 2.05) is 13.8 Å². The van der Waals surface area contributed by atoms with Crippen LogP contribution in [-0.4, -0.2) is 41.1 Å². The highest BCUT2D eigenvalue weighted by atomic mass is 16.4. The molecule has 1 atom stereocenters. The quantitative estimate of drug-likeness (QED) is 0.832. The molecule has 1 heterocycles. The lowest BCUT2D eigenvalue weighted by Crippen LogP contribution is -2.59. The van der Waals surface area contributed by atoms with Crippen LogP contribution in [0.3, 0.4) is 0 Å². The van der Waals surface area contributed by atoms with E-state index in [1.54, 1.807) is 0 Å². The van der Waals surface area contributed by atoms with E-state index >= 15 is 0 Å². The monoisotopic (exact) mass is 282 g/mol. The Morgan fingerprint density at radius 3 is 2.45 bits per heavy atom. The molecular formula is C15H26N2O3. The Morgan fingerprint density at radius 2 is 1.95 bits per heavy atom. The second kappa shape index (κ2) is 5.26. The number of carbonyl (C=O) groups excluding carboxylic acids is 1. The minimum Gasteiger partial charge on any atom is -0.480 e. The van der Waals surface area contributed by atoms with Gasteiger partial charge in [0.15, 0.2) is 0 Å². The van der Waals surface area contributed by atoms with Gasteiger partial charge in [-0.15, -0.1) is 0 Å². The standard InChI is InChI=1S/C15H26N2O3/c1-4-15(7-8-15)10-16-13(20)17-9-5-6-14(2,3)11(17)12(18)19/h11H,4-10H2,1-3H3,(H,16,20)(H,18,19). The van der Waals surface area contributed by atoms with Crippen LogP contribution in [0.5, 0.6) is 0 Å². The molecule has 20 heavy (non-hydrogen) atoms. The molecular weight excluding hydrogens is 256 g/mol. The summed E-state index contributed by atoms with van der Waals surface area (Å²) in [6, 6.07) is -0.946. The number of amides is 2. The van der Waals surface area contributed by atoms with Crippen LogP contribution in [0.2, 0.25) is 0 Å². The summed E-state index contributed by atoms with van der Waals surface area (Å²) in [5.74, 6) is -0.901. The van der Waals surface area contributed by atoms with E-state index in [4.69, 9.17) is 0 Å². The predicted molar refractivity (Wildman–Crippen MR) is 76.5 cm³/mol. The second-order valence-electron chi connectivity index (χ2n) is 7.04. The Kier molecular flexibility index (Phi) is 3.98. The Bertz CT molecular complexity index is 402. The van der Waals surface area contributed by atoms with E-state index in [9.17, 15) is 14.7 Å². The van der Waals surface area contributed by atoms with Crippen LogP contribution in [0.1, 0.15) is 52.9 Å². The first-order valence-corrected chi connectivity index (χ1v) is 7.59. The van der Waals surface area contributed by atoms with Gasteiger partial charge >= 0.3 is 12.0 Å². The number of hydrogen-bond acceptors (Lipinski definition) is 2. The van der Waals surface area contributed by atoms with E-state index in [0.717, 1.165) is 32.1 Å². The average Bonchev–Trinajstić information content (AvgIpc) is 3.14. The van der Waals surface area contributed by atoms with Crippen LogP contribution in [-0.2, 0) is 4.79 Å². The fourth-order valence-corrected chi connectivity index (χ4v) is 3.28. The third-order valence-corrected chi connectivity index (χ3v) is 5.09. The lowest BCUT2D eigenvalue weighted by molar-refractivity contribution is -0.148. The predicted octanol–water partition coefficient (Wildman–Crippen LogP) is 2.46. The average molecular weight is 282 g/mol. The summed E-state index contributed by atoms with van der Waals surface area (Å²) in [6.45, 7) is 7.21. The third kappa shape index (κ3) is 2.91. The highest BCUT2D eigenvalue weighted by molar-refractivity contribution is 5.83. The van der Waals surface area contributed by atoms with Crippen molar-refractivity contribution < 1.29 is 14.7 Å². The number of piperidine rings is 1. The molecule has 2 aliphatic rings. The molecule has 1 saturated carbocycles. The van der Waals surface area contributed by atoms with Crippen molar-refractivity contribution in [3.8, 4) is 0 Å². The van der Waals surface area contributed by atoms with Crippen molar-refractivity contribution in [1.29, 1.82) is 0 Å². The van der Waals surface area contributed by atoms with Gasteiger partial charge in [-0.3, -0.25) is 0 Å². The molecule has 1 aliphatic heterocycles. The summed E-state index contributed by atoms with van der Waals surface area (Å²) in [5.41, 5.74) is -0.0941. The number of likely N-dealkylation sites (tertiary alicyclic amines) is 1. The zero-order valence-corrected chi connectivity index (χ0v) is 12.7. The van der Waals surface area contributed by atoms with Crippen molar-refractivity contribution in [2.45, 2.75) is 58.9 Å². The topological polar surface area (TPSA) is 69.6 Å². The number of carboxylic acids is 1. The van der Waals surface area contributed by atoms with Gasteiger partial charge in [0, 0.05) is 13.1 Å². The van der Waals surface area contributed by atoms with Gasteiger partial charge < -0.3 is 15.3 Å². The first-order valence-electron chi connectivity index (χ1n) is 7.59. The highest BCUT2D eigenvalue weighted by Crippen LogP contribution is 2.48. The number of nitrogens with one attached hydrogen (secondary N) is 1. The molecule has 2 amide bonds. The Hall–Kier alpha value is -1.26. The number of hydrogen-bond donors (Lipinski definition) is 2. The Labute approximate surface area is 120 Å². The van der Waals surface area contributed by atoms with Crippen molar-refractivity contribution in [1.82, 2.24) is 10.2 Å². The largest absolute Gasteiger partial charge is 0.480 e.